The van der Waals surface area contributed by atoms with Gasteiger partial charge in [-0.25, -0.2) is 0 Å². The number of aryl methyl sites for hydroxylation is 2. The standard InChI is InChI=1S/C30H42O2/c1-3-5-23-7-11-25(12-8-23)26-15-19-29(31,20-16-26)28-17-21-30(32,22-18-28)27-13-9-24(6-4-2)10-14-27/h7-14,26,28,31-32H,3-6,15-22H2,1-2H3. The van der Waals surface area contributed by atoms with E-state index >= 15 is 0 Å². The van der Waals surface area contributed by atoms with Crippen LogP contribution in [0.4, 0.5) is 0 Å². The fourth-order valence-corrected chi connectivity index (χ4v) is 6.30. The zero-order valence-corrected chi connectivity index (χ0v) is 20.2. The topological polar surface area (TPSA) is 40.5 Å². The number of aliphatic hydroxyl groups is 2. The Labute approximate surface area is 195 Å². The molecule has 2 aromatic rings. The molecule has 2 aliphatic rings. The predicted octanol–water partition coefficient (Wildman–Crippen LogP) is 7.06. The quantitative estimate of drug-likeness (QED) is 0.490. The molecule has 2 heteroatoms. The highest BCUT2D eigenvalue weighted by Gasteiger charge is 2.45. The van der Waals surface area contributed by atoms with Gasteiger partial charge in [-0.1, -0.05) is 75.2 Å². The maximum atomic E-state index is 11.5. The third-order valence-corrected chi connectivity index (χ3v) is 8.44. The first-order chi connectivity index (χ1) is 15.5. The van der Waals surface area contributed by atoms with E-state index in [1.807, 2.05) is 0 Å². The molecule has 0 saturated heterocycles. The summed E-state index contributed by atoms with van der Waals surface area (Å²) < 4.78 is 0. The van der Waals surface area contributed by atoms with Gasteiger partial charge < -0.3 is 10.2 Å². The highest BCUT2D eigenvalue weighted by molar-refractivity contribution is 5.28. The Morgan fingerprint density at radius 1 is 0.688 bits per heavy atom. The van der Waals surface area contributed by atoms with E-state index < -0.39 is 11.2 Å². The summed E-state index contributed by atoms with van der Waals surface area (Å²) in [7, 11) is 0. The molecule has 2 aliphatic carbocycles. The Bertz CT molecular complexity index is 835. The lowest BCUT2D eigenvalue weighted by atomic mass is 9.64. The molecule has 0 heterocycles. The number of hydrogen-bond donors (Lipinski definition) is 2. The third kappa shape index (κ3) is 5.13. The summed E-state index contributed by atoms with van der Waals surface area (Å²) >= 11 is 0. The summed E-state index contributed by atoms with van der Waals surface area (Å²) in [6.45, 7) is 4.43. The Balaban J connectivity index is 1.32. The Morgan fingerprint density at radius 3 is 1.69 bits per heavy atom. The molecule has 0 radical (unpaired) electrons. The van der Waals surface area contributed by atoms with Crippen LogP contribution >= 0.6 is 0 Å². The van der Waals surface area contributed by atoms with Crippen LogP contribution < -0.4 is 0 Å². The van der Waals surface area contributed by atoms with E-state index in [4.69, 9.17) is 0 Å². The summed E-state index contributed by atoms with van der Waals surface area (Å²) in [5, 5.41) is 22.9. The Hall–Kier alpha value is -1.64. The van der Waals surface area contributed by atoms with Crippen molar-refractivity contribution >= 4 is 0 Å². The fraction of sp³-hybridized carbons (Fsp3) is 0.600. The van der Waals surface area contributed by atoms with Crippen LogP contribution in [0.3, 0.4) is 0 Å². The van der Waals surface area contributed by atoms with Gasteiger partial charge in [-0.05, 0) is 98.3 Å². The van der Waals surface area contributed by atoms with Crippen LogP contribution in [0, 0.1) is 5.92 Å². The monoisotopic (exact) mass is 434 g/mol. The molecular weight excluding hydrogens is 392 g/mol. The van der Waals surface area contributed by atoms with Crippen molar-refractivity contribution in [3.8, 4) is 0 Å². The first-order valence-electron chi connectivity index (χ1n) is 13.1. The molecule has 0 unspecified atom stereocenters. The van der Waals surface area contributed by atoms with E-state index in [2.05, 4.69) is 62.4 Å². The van der Waals surface area contributed by atoms with E-state index in [0.717, 1.165) is 76.2 Å². The van der Waals surface area contributed by atoms with E-state index in [1.54, 1.807) is 0 Å². The van der Waals surface area contributed by atoms with Gasteiger partial charge in [0.2, 0.25) is 0 Å². The van der Waals surface area contributed by atoms with Gasteiger partial charge in [0.05, 0.1) is 11.2 Å². The van der Waals surface area contributed by atoms with Gasteiger partial charge in [0.15, 0.2) is 0 Å². The van der Waals surface area contributed by atoms with Crippen molar-refractivity contribution in [2.24, 2.45) is 5.92 Å². The Kier molecular flexibility index (Phi) is 7.42. The SMILES string of the molecule is CCCc1ccc(C2CCC(O)(C3CCC(O)(c4ccc(CCC)cc4)CC3)CC2)cc1. The minimum absolute atomic E-state index is 0.315. The highest BCUT2D eigenvalue weighted by Crippen LogP contribution is 2.49. The van der Waals surface area contributed by atoms with Crippen molar-refractivity contribution in [3.05, 3.63) is 70.8 Å². The van der Waals surface area contributed by atoms with E-state index in [0.29, 0.717) is 11.8 Å². The van der Waals surface area contributed by atoms with Gasteiger partial charge in [0.1, 0.15) is 0 Å². The number of rotatable bonds is 7. The summed E-state index contributed by atoms with van der Waals surface area (Å²) in [6, 6.07) is 17.8. The van der Waals surface area contributed by atoms with Crippen LogP contribution in [0.25, 0.3) is 0 Å². The van der Waals surface area contributed by atoms with Gasteiger partial charge in [0.25, 0.3) is 0 Å². The van der Waals surface area contributed by atoms with E-state index in [9.17, 15) is 10.2 Å². The number of hydrogen-bond acceptors (Lipinski definition) is 2. The van der Waals surface area contributed by atoms with E-state index in [-0.39, 0.29) is 0 Å². The Morgan fingerprint density at radius 2 is 1.19 bits per heavy atom. The maximum absolute atomic E-state index is 11.5. The van der Waals surface area contributed by atoms with Crippen molar-refractivity contribution in [2.45, 2.75) is 108 Å². The molecule has 0 spiro atoms. The fourth-order valence-electron chi connectivity index (χ4n) is 6.30. The average molecular weight is 435 g/mol. The molecule has 2 aromatic carbocycles. The van der Waals surface area contributed by atoms with Gasteiger partial charge in [-0.3, -0.25) is 0 Å². The van der Waals surface area contributed by atoms with Gasteiger partial charge in [-0.15, -0.1) is 0 Å². The summed E-state index contributed by atoms with van der Waals surface area (Å²) in [6.07, 6.45) is 11.9. The summed E-state index contributed by atoms with van der Waals surface area (Å²) in [5.41, 5.74) is 3.99. The van der Waals surface area contributed by atoms with Crippen molar-refractivity contribution in [3.63, 3.8) is 0 Å². The zero-order chi connectivity index (χ0) is 22.6. The molecule has 0 amide bonds. The molecular formula is C30H42O2. The first kappa shape index (κ1) is 23.5. The number of benzene rings is 2. The predicted molar refractivity (Wildman–Crippen MR) is 133 cm³/mol. The minimum Gasteiger partial charge on any atom is -0.390 e. The second-order valence-electron chi connectivity index (χ2n) is 10.6. The lowest BCUT2D eigenvalue weighted by Gasteiger charge is -2.46. The molecule has 2 saturated carbocycles. The summed E-state index contributed by atoms with van der Waals surface area (Å²) in [5.74, 6) is 0.892. The minimum atomic E-state index is -0.727. The smallest absolute Gasteiger partial charge is 0.0896 e. The van der Waals surface area contributed by atoms with Crippen LogP contribution in [-0.2, 0) is 18.4 Å². The second kappa shape index (κ2) is 10.1. The summed E-state index contributed by atoms with van der Waals surface area (Å²) in [4.78, 5) is 0. The van der Waals surface area contributed by atoms with Gasteiger partial charge >= 0.3 is 0 Å². The van der Waals surface area contributed by atoms with Crippen molar-refractivity contribution in [1.82, 2.24) is 0 Å². The molecule has 0 aliphatic heterocycles. The zero-order valence-electron chi connectivity index (χ0n) is 20.2. The normalized spacial score (nSPS) is 30.9. The van der Waals surface area contributed by atoms with E-state index in [1.165, 1.54) is 23.1 Å². The molecule has 0 bridgehead atoms. The molecule has 2 N–H and O–H groups in total. The van der Waals surface area contributed by atoms with Crippen LogP contribution in [0.15, 0.2) is 48.5 Å². The highest BCUT2D eigenvalue weighted by atomic mass is 16.3. The van der Waals surface area contributed by atoms with Crippen LogP contribution in [0.2, 0.25) is 0 Å². The average Bonchev–Trinajstić information content (AvgIpc) is 2.81. The molecule has 2 fully saturated rings. The van der Waals surface area contributed by atoms with Gasteiger partial charge in [-0.2, -0.15) is 0 Å². The lowest BCUT2D eigenvalue weighted by molar-refractivity contribution is -0.0974. The van der Waals surface area contributed by atoms with Crippen molar-refractivity contribution in [2.75, 3.05) is 0 Å². The molecule has 0 aromatic heterocycles. The lowest BCUT2D eigenvalue weighted by Crippen LogP contribution is -2.45. The van der Waals surface area contributed by atoms with Crippen molar-refractivity contribution in [1.29, 1.82) is 0 Å². The molecule has 2 nitrogen and oxygen atoms in total. The van der Waals surface area contributed by atoms with Crippen LogP contribution in [0.5, 0.6) is 0 Å². The maximum Gasteiger partial charge on any atom is 0.0896 e. The second-order valence-corrected chi connectivity index (χ2v) is 10.6. The van der Waals surface area contributed by atoms with Crippen LogP contribution in [0.1, 0.15) is 106 Å². The molecule has 0 atom stereocenters. The third-order valence-electron chi connectivity index (χ3n) is 8.44. The van der Waals surface area contributed by atoms with Gasteiger partial charge in [0, 0.05) is 0 Å². The molecule has 4 rings (SSSR count). The molecule has 32 heavy (non-hydrogen) atoms. The molecule has 174 valence electrons. The van der Waals surface area contributed by atoms with Crippen molar-refractivity contribution < 1.29 is 10.2 Å². The van der Waals surface area contributed by atoms with Crippen LogP contribution in [-0.4, -0.2) is 15.8 Å². The first-order valence-corrected chi connectivity index (χ1v) is 13.1. The largest absolute Gasteiger partial charge is 0.390 e.